The van der Waals surface area contributed by atoms with Gasteiger partial charge in [-0.3, -0.25) is 0 Å². The Balaban J connectivity index is 2.09. The fraction of sp³-hybridized carbons (Fsp3) is 0.312. The third-order valence-corrected chi connectivity index (χ3v) is 3.24. The van der Waals surface area contributed by atoms with Crippen LogP contribution in [0.2, 0.25) is 0 Å². The summed E-state index contributed by atoms with van der Waals surface area (Å²) < 4.78 is 13.2. The zero-order valence-corrected chi connectivity index (χ0v) is 11.1. The Morgan fingerprint density at radius 1 is 1.47 bits per heavy atom. The highest BCUT2D eigenvalue weighted by Gasteiger charge is 2.21. The van der Waals surface area contributed by atoms with Gasteiger partial charge in [0.15, 0.2) is 0 Å². The second-order valence-electron chi connectivity index (χ2n) is 4.84. The lowest BCUT2D eigenvalue weighted by Gasteiger charge is -2.17. The molecule has 1 heterocycles. The fourth-order valence-corrected chi connectivity index (χ4v) is 2.14. The second kappa shape index (κ2) is 6.32. The number of anilines is 1. The van der Waals surface area contributed by atoms with Gasteiger partial charge < -0.3 is 10.3 Å². The van der Waals surface area contributed by atoms with Crippen molar-refractivity contribution >= 4 is 18.0 Å². The van der Waals surface area contributed by atoms with Gasteiger partial charge >= 0.3 is 0 Å². The van der Waals surface area contributed by atoms with E-state index in [0.717, 1.165) is 23.4 Å². The molecule has 0 radical (unpaired) electrons. The molecule has 0 spiro atoms. The lowest BCUT2D eigenvalue weighted by molar-refractivity contribution is 0.364. The predicted molar refractivity (Wildman–Crippen MR) is 79.7 cm³/mol. The lowest BCUT2D eigenvalue weighted by Crippen LogP contribution is -2.19. The van der Waals surface area contributed by atoms with Gasteiger partial charge in [0, 0.05) is 25.0 Å². The maximum absolute atomic E-state index is 13.2. The minimum atomic E-state index is -0.697. The fourth-order valence-electron chi connectivity index (χ4n) is 2.14. The van der Waals surface area contributed by atoms with E-state index in [9.17, 15) is 4.39 Å². The Morgan fingerprint density at radius 3 is 3.00 bits per heavy atom. The largest absolute Gasteiger partial charge is 0.368 e. The zero-order chi connectivity index (χ0) is 13.7. The number of allylic oxidation sites excluding steroid dienone is 3. The van der Waals surface area contributed by atoms with Crippen LogP contribution in [0, 0.1) is 5.41 Å². The standard InChI is InChI=1S/C16H19FN2/c1-13(11-18)4-2-5-14-6-3-7-16(10-14)19-9-8-15(17)12-19/h2-7,10-11,15,18H,8-9,12H2,1H3/b5-2+,13-4-,18-11?. The van der Waals surface area contributed by atoms with Crippen molar-refractivity contribution < 1.29 is 4.39 Å². The summed E-state index contributed by atoms with van der Waals surface area (Å²) in [6.07, 6.45) is 7.08. The number of nitrogens with one attached hydrogen (secondary N) is 1. The van der Waals surface area contributed by atoms with Crippen LogP contribution in [0.15, 0.2) is 42.0 Å². The number of rotatable bonds is 4. The van der Waals surface area contributed by atoms with E-state index in [4.69, 9.17) is 5.41 Å². The first kappa shape index (κ1) is 13.5. The molecule has 0 aromatic heterocycles. The molecule has 1 saturated heterocycles. The van der Waals surface area contributed by atoms with Gasteiger partial charge in [0.05, 0.1) is 0 Å². The van der Waals surface area contributed by atoms with Crippen molar-refractivity contribution in [2.45, 2.75) is 19.5 Å². The molecule has 0 aliphatic carbocycles. The van der Waals surface area contributed by atoms with Crippen molar-refractivity contribution in [3.8, 4) is 0 Å². The number of alkyl halides is 1. The molecular weight excluding hydrogens is 239 g/mol. The molecule has 1 aliphatic heterocycles. The average molecular weight is 258 g/mol. The summed E-state index contributed by atoms with van der Waals surface area (Å²) in [5.74, 6) is 0. The molecule has 1 N–H and O–H groups in total. The molecule has 19 heavy (non-hydrogen) atoms. The number of hydrogen-bond acceptors (Lipinski definition) is 2. The van der Waals surface area contributed by atoms with E-state index in [1.165, 1.54) is 6.21 Å². The Bertz CT molecular complexity index is 505. The third kappa shape index (κ3) is 3.78. The minimum Gasteiger partial charge on any atom is -0.368 e. The molecule has 1 aromatic rings. The van der Waals surface area contributed by atoms with E-state index in [-0.39, 0.29) is 0 Å². The Morgan fingerprint density at radius 2 is 2.32 bits per heavy atom. The molecule has 0 saturated carbocycles. The van der Waals surface area contributed by atoms with Gasteiger partial charge in [-0.15, -0.1) is 0 Å². The van der Waals surface area contributed by atoms with Crippen molar-refractivity contribution in [1.82, 2.24) is 0 Å². The average Bonchev–Trinajstić information content (AvgIpc) is 2.85. The van der Waals surface area contributed by atoms with Crippen LogP contribution in [0.1, 0.15) is 18.9 Å². The monoisotopic (exact) mass is 258 g/mol. The maximum Gasteiger partial charge on any atom is 0.119 e. The molecule has 3 heteroatoms. The Kier molecular flexibility index (Phi) is 4.50. The molecular formula is C16H19FN2. The van der Waals surface area contributed by atoms with E-state index >= 15 is 0 Å². The lowest BCUT2D eigenvalue weighted by atomic mass is 10.1. The first-order valence-electron chi connectivity index (χ1n) is 6.53. The van der Waals surface area contributed by atoms with E-state index in [1.54, 1.807) is 0 Å². The van der Waals surface area contributed by atoms with Gasteiger partial charge in [-0.2, -0.15) is 0 Å². The topological polar surface area (TPSA) is 27.1 Å². The zero-order valence-electron chi connectivity index (χ0n) is 11.1. The Hall–Kier alpha value is -1.90. The van der Waals surface area contributed by atoms with Gasteiger partial charge in [-0.25, -0.2) is 4.39 Å². The summed E-state index contributed by atoms with van der Waals surface area (Å²) in [6, 6.07) is 8.11. The number of nitrogens with zero attached hydrogens (tertiary/aromatic N) is 1. The van der Waals surface area contributed by atoms with Crippen LogP contribution in [-0.2, 0) is 0 Å². The normalized spacial score (nSPS) is 20.2. The molecule has 2 rings (SSSR count). The summed E-state index contributed by atoms with van der Waals surface area (Å²) in [7, 11) is 0. The van der Waals surface area contributed by atoms with Crippen molar-refractivity contribution in [3.63, 3.8) is 0 Å². The highest BCUT2D eigenvalue weighted by Crippen LogP contribution is 2.23. The molecule has 1 fully saturated rings. The summed E-state index contributed by atoms with van der Waals surface area (Å²) in [4.78, 5) is 2.08. The first-order chi connectivity index (χ1) is 9.19. The highest BCUT2D eigenvalue weighted by atomic mass is 19.1. The number of hydrogen-bond donors (Lipinski definition) is 1. The highest BCUT2D eigenvalue weighted by molar-refractivity contribution is 5.75. The first-order valence-corrected chi connectivity index (χ1v) is 6.53. The summed E-state index contributed by atoms with van der Waals surface area (Å²) in [5, 5.41) is 7.09. The van der Waals surface area contributed by atoms with Gasteiger partial charge in [-0.05, 0) is 36.6 Å². The molecule has 100 valence electrons. The van der Waals surface area contributed by atoms with E-state index < -0.39 is 6.17 Å². The van der Waals surface area contributed by atoms with Crippen LogP contribution in [-0.4, -0.2) is 25.5 Å². The van der Waals surface area contributed by atoms with Crippen LogP contribution in [0.5, 0.6) is 0 Å². The minimum absolute atomic E-state index is 0.500. The van der Waals surface area contributed by atoms with Crippen LogP contribution >= 0.6 is 0 Å². The van der Waals surface area contributed by atoms with Crippen LogP contribution in [0.4, 0.5) is 10.1 Å². The van der Waals surface area contributed by atoms with Crippen molar-refractivity contribution in [2.24, 2.45) is 0 Å². The van der Waals surface area contributed by atoms with Crippen LogP contribution < -0.4 is 4.90 Å². The number of halogens is 1. The van der Waals surface area contributed by atoms with Gasteiger partial charge in [0.1, 0.15) is 6.17 Å². The van der Waals surface area contributed by atoms with E-state index in [2.05, 4.69) is 11.0 Å². The summed E-state index contributed by atoms with van der Waals surface area (Å²) in [5.41, 5.74) is 3.08. The summed E-state index contributed by atoms with van der Waals surface area (Å²) in [6.45, 7) is 3.18. The second-order valence-corrected chi connectivity index (χ2v) is 4.84. The molecule has 1 atom stereocenters. The smallest absolute Gasteiger partial charge is 0.119 e. The molecule has 1 aliphatic rings. The van der Waals surface area contributed by atoms with E-state index in [1.807, 2.05) is 43.4 Å². The van der Waals surface area contributed by atoms with E-state index in [0.29, 0.717) is 13.0 Å². The SMILES string of the molecule is C/C(C=N)=C/C=C/c1cccc(N2CCC(F)C2)c1. The van der Waals surface area contributed by atoms with Crippen molar-refractivity contribution in [3.05, 3.63) is 47.6 Å². The van der Waals surface area contributed by atoms with Crippen molar-refractivity contribution in [1.29, 1.82) is 5.41 Å². The predicted octanol–water partition coefficient (Wildman–Crippen LogP) is 3.84. The molecule has 0 amide bonds. The molecule has 0 bridgehead atoms. The molecule has 1 unspecified atom stereocenters. The molecule has 2 nitrogen and oxygen atoms in total. The Labute approximate surface area is 113 Å². The maximum atomic E-state index is 13.2. The van der Waals surface area contributed by atoms with Gasteiger partial charge in [0.2, 0.25) is 0 Å². The summed E-state index contributed by atoms with van der Waals surface area (Å²) >= 11 is 0. The number of benzene rings is 1. The quantitative estimate of drug-likeness (QED) is 0.644. The molecule has 1 aromatic carbocycles. The van der Waals surface area contributed by atoms with Crippen LogP contribution in [0.25, 0.3) is 6.08 Å². The van der Waals surface area contributed by atoms with Crippen LogP contribution in [0.3, 0.4) is 0 Å². The van der Waals surface area contributed by atoms with Gasteiger partial charge in [0.25, 0.3) is 0 Å². The van der Waals surface area contributed by atoms with Crippen molar-refractivity contribution in [2.75, 3.05) is 18.0 Å². The third-order valence-electron chi connectivity index (χ3n) is 3.24. The van der Waals surface area contributed by atoms with Gasteiger partial charge in [-0.1, -0.05) is 30.4 Å².